The fourth-order valence-electron chi connectivity index (χ4n) is 3.01. The molecule has 0 rings (SSSR count). The Labute approximate surface area is 184 Å². The number of aliphatic carboxylic acids is 1. The van der Waals surface area contributed by atoms with Crippen LogP contribution in [0, 0.1) is 17.8 Å². The Morgan fingerprint density at radius 3 is 1.61 bits per heavy atom. The quantitative estimate of drug-likeness (QED) is 0.232. The zero-order valence-electron chi connectivity index (χ0n) is 19.6. The van der Waals surface area contributed by atoms with Gasteiger partial charge in [0.15, 0.2) is 0 Å². The summed E-state index contributed by atoms with van der Waals surface area (Å²) in [7, 11) is 0. The Hall–Kier alpha value is -2.20. The minimum absolute atomic E-state index is 0.0115. The molecule has 0 heterocycles. The lowest BCUT2D eigenvalue weighted by Crippen LogP contribution is -2.60. The van der Waals surface area contributed by atoms with Crippen molar-refractivity contribution in [2.75, 3.05) is 0 Å². The molecule has 31 heavy (non-hydrogen) atoms. The number of carboxylic acids is 1. The highest BCUT2D eigenvalue weighted by Gasteiger charge is 2.33. The van der Waals surface area contributed by atoms with Crippen molar-refractivity contribution >= 4 is 23.7 Å². The van der Waals surface area contributed by atoms with E-state index in [-0.39, 0.29) is 24.2 Å². The molecule has 10 nitrogen and oxygen atoms in total. The van der Waals surface area contributed by atoms with Gasteiger partial charge in [-0.05, 0) is 37.5 Å². The molecule has 10 heteroatoms. The highest BCUT2D eigenvalue weighted by Crippen LogP contribution is 2.09. The van der Waals surface area contributed by atoms with Crippen molar-refractivity contribution < 1.29 is 29.4 Å². The monoisotopic (exact) mass is 444 g/mol. The van der Waals surface area contributed by atoms with Gasteiger partial charge < -0.3 is 31.9 Å². The molecular weight excluding hydrogens is 404 g/mol. The molecule has 7 N–H and O–H groups in total. The van der Waals surface area contributed by atoms with Gasteiger partial charge in [0.2, 0.25) is 17.7 Å². The van der Waals surface area contributed by atoms with Crippen LogP contribution >= 0.6 is 0 Å². The molecule has 0 saturated heterocycles. The largest absolute Gasteiger partial charge is 0.480 e. The van der Waals surface area contributed by atoms with E-state index in [1.165, 1.54) is 6.92 Å². The molecule has 180 valence electrons. The van der Waals surface area contributed by atoms with Crippen molar-refractivity contribution in [2.45, 2.75) is 91.6 Å². The average Bonchev–Trinajstić information content (AvgIpc) is 2.60. The van der Waals surface area contributed by atoms with Gasteiger partial charge in [-0.2, -0.15) is 0 Å². The van der Waals surface area contributed by atoms with Gasteiger partial charge in [0.25, 0.3) is 0 Å². The van der Waals surface area contributed by atoms with E-state index in [1.54, 1.807) is 13.8 Å². The predicted molar refractivity (Wildman–Crippen MR) is 117 cm³/mol. The topological polar surface area (TPSA) is 171 Å². The van der Waals surface area contributed by atoms with Gasteiger partial charge in [-0.3, -0.25) is 14.4 Å². The van der Waals surface area contributed by atoms with Crippen LogP contribution in [0.3, 0.4) is 0 Å². The number of carbonyl (C=O) groups excluding carboxylic acids is 3. The molecule has 0 aromatic rings. The molecule has 0 aromatic heterocycles. The van der Waals surface area contributed by atoms with Crippen molar-refractivity contribution in [3.05, 3.63) is 0 Å². The first-order valence-corrected chi connectivity index (χ1v) is 10.7. The molecule has 3 amide bonds. The van der Waals surface area contributed by atoms with Crippen LogP contribution in [0.1, 0.15) is 61.3 Å². The number of hydrogen-bond donors (Lipinski definition) is 6. The fraction of sp³-hybridized carbons (Fsp3) is 0.810. The first-order valence-electron chi connectivity index (χ1n) is 10.7. The third-order valence-corrected chi connectivity index (χ3v) is 4.70. The van der Waals surface area contributed by atoms with Crippen LogP contribution in [0.15, 0.2) is 0 Å². The molecule has 5 atom stereocenters. The van der Waals surface area contributed by atoms with Gasteiger partial charge in [-0.15, -0.1) is 0 Å². The first-order chi connectivity index (χ1) is 14.2. The second-order valence-corrected chi connectivity index (χ2v) is 9.22. The van der Waals surface area contributed by atoms with Crippen molar-refractivity contribution in [3.8, 4) is 0 Å². The smallest absolute Gasteiger partial charge is 0.326 e. The van der Waals surface area contributed by atoms with E-state index in [1.807, 2.05) is 27.7 Å². The first kappa shape index (κ1) is 28.8. The Morgan fingerprint density at radius 2 is 1.23 bits per heavy atom. The third-order valence-electron chi connectivity index (χ3n) is 4.70. The minimum Gasteiger partial charge on any atom is -0.480 e. The lowest BCUT2D eigenvalue weighted by atomic mass is 9.99. The van der Waals surface area contributed by atoms with Crippen molar-refractivity contribution in [2.24, 2.45) is 23.5 Å². The maximum absolute atomic E-state index is 12.8. The van der Waals surface area contributed by atoms with Crippen molar-refractivity contribution in [1.82, 2.24) is 16.0 Å². The van der Waals surface area contributed by atoms with E-state index in [9.17, 15) is 29.4 Å². The molecule has 0 fully saturated rings. The molecule has 0 spiro atoms. The number of hydrogen-bond acceptors (Lipinski definition) is 6. The molecule has 0 aromatic carbocycles. The van der Waals surface area contributed by atoms with Gasteiger partial charge in [0.1, 0.15) is 18.1 Å². The molecule has 0 bridgehead atoms. The van der Waals surface area contributed by atoms with Crippen LogP contribution < -0.4 is 21.7 Å². The van der Waals surface area contributed by atoms with E-state index in [4.69, 9.17) is 5.73 Å². The average molecular weight is 445 g/mol. The summed E-state index contributed by atoms with van der Waals surface area (Å²) >= 11 is 0. The van der Waals surface area contributed by atoms with Crippen LogP contribution in [0.4, 0.5) is 0 Å². The van der Waals surface area contributed by atoms with E-state index >= 15 is 0 Å². The van der Waals surface area contributed by atoms with Crippen LogP contribution in [-0.2, 0) is 19.2 Å². The van der Waals surface area contributed by atoms with Gasteiger partial charge in [0, 0.05) is 0 Å². The van der Waals surface area contributed by atoms with Gasteiger partial charge in [-0.1, -0.05) is 41.5 Å². The van der Waals surface area contributed by atoms with Crippen molar-refractivity contribution in [1.29, 1.82) is 0 Å². The van der Waals surface area contributed by atoms with Crippen LogP contribution in [0.25, 0.3) is 0 Å². The normalized spacial score (nSPS) is 16.4. The Bertz CT molecular complexity index is 621. The summed E-state index contributed by atoms with van der Waals surface area (Å²) in [5.41, 5.74) is 5.85. The maximum atomic E-state index is 12.8. The van der Waals surface area contributed by atoms with Crippen molar-refractivity contribution in [3.63, 3.8) is 0 Å². The lowest BCUT2D eigenvalue weighted by Gasteiger charge is -2.28. The number of carboxylic acid groups (broad SMARTS) is 1. The Balaban J connectivity index is 5.42. The second-order valence-electron chi connectivity index (χ2n) is 9.22. The number of amides is 3. The van der Waals surface area contributed by atoms with Crippen LogP contribution in [-0.4, -0.2) is 64.2 Å². The number of nitrogens with two attached hydrogens (primary N) is 1. The number of carbonyl (C=O) groups is 4. The highest BCUT2D eigenvalue weighted by atomic mass is 16.4. The number of aliphatic hydroxyl groups excluding tert-OH is 1. The summed E-state index contributed by atoms with van der Waals surface area (Å²) in [4.78, 5) is 49.2. The van der Waals surface area contributed by atoms with E-state index in [0.717, 1.165) is 0 Å². The summed E-state index contributed by atoms with van der Waals surface area (Å²) < 4.78 is 0. The molecule has 0 aliphatic heterocycles. The maximum Gasteiger partial charge on any atom is 0.326 e. The number of aliphatic hydroxyl groups is 1. The molecule has 0 aliphatic carbocycles. The molecule has 0 aliphatic rings. The zero-order chi connectivity index (χ0) is 24.5. The molecule has 0 radical (unpaired) electrons. The molecule has 5 unspecified atom stereocenters. The van der Waals surface area contributed by atoms with E-state index < -0.39 is 54.0 Å². The molecular formula is C21H40N4O6. The van der Waals surface area contributed by atoms with E-state index in [0.29, 0.717) is 6.42 Å². The van der Waals surface area contributed by atoms with Gasteiger partial charge in [-0.25, -0.2) is 4.79 Å². The molecule has 0 saturated carbocycles. The Kier molecular flexibility index (Phi) is 12.3. The standard InChI is InChI=1S/C21H40N4O6/c1-10(2)8-14(22)18(27)25-17(13(7)26)20(29)23-15(9-11(3)4)19(28)24-16(12(5)6)21(30)31/h10-17,26H,8-9,22H2,1-7H3,(H,23,29)(H,24,28)(H,25,27)(H,30,31). The fourth-order valence-corrected chi connectivity index (χ4v) is 3.01. The number of nitrogens with one attached hydrogen (secondary N) is 3. The third kappa shape index (κ3) is 10.6. The summed E-state index contributed by atoms with van der Waals surface area (Å²) in [6.45, 7) is 12.2. The summed E-state index contributed by atoms with van der Waals surface area (Å²) in [5, 5.41) is 26.8. The minimum atomic E-state index is -1.31. The van der Waals surface area contributed by atoms with Gasteiger partial charge in [0.05, 0.1) is 12.1 Å². The summed E-state index contributed by atoms with van der Waals surface area (Å²) in [6, 6.07) is -4.30. The Morgan fingerprint density at radius 1 is 0.742 bits per heavy atom. The second kappa shape index (κ2) is 13.3. The highest BCUT2D eigenvalue weighted by molar-refractivity contribution is 5.94. The summed E-state index contributed by atoms with van der Waals surface area (Å²) in [5.74, 6) is -3.33. The van der Waals surface area contributed by atoms with Crippen LogP contribution in [0.5, 0.6) is 0 Å². The zero-order valence-corrected chi connectivity index (χ0v) is 19.6. The SMILES string of the molecule is CC(C)CC(N)C(=O)NC(C(=O)NC(CC(C)C)C(=O)NC(C(=O)O)C(C)C)C(C)O. The van der Waals surface area contributed by atoms with Gasteiger partial charge >= 0.3 is 5.97 Å². The number of rotatable bonds is 13. The van der Waals surface area contributed by atoms with E-state index in [2.05, 4.69) is 16.0 Å². The summed E-state index contributed by atoms with van der Waals surface area (Å²) in [6.07, 6.45) is -0.583. The van der Waals surface area contributed by atoms with Crippen LogP contribution in [0.2, 0.25) is 0 Å². The predicted octanol–water partition coefficient (Wildman–Crippen LogP) is -0.0183. The lowest BCUT2D eigenvalue weighted by molar-refractivity contribution is -0.143.